The van der Waals surface area contributed by atoms with Crippen LogP contribution >= 0.6 is 0 Å². The molecule has 0 aliphatic heterocycles. The lowest BCUT2D eigenvalue weighted by Crippen LogP contribution is -2.29. The molecule has 0 aromatic rings. The zero-order valence-electron chi connectivity index (χ0n) is 20.1. The van der Waals surface area contributed by atoms with E-state index in [9.17, 15) is 4.79 Å². The van der Waals surface area contributed by atoms with Gasteiger partial charge in [0.25, 0.3) is 0 Å². The minimum atomic E-state index is -0.291. The summed E-state index contributed by atoms with van der Waals surface area (Å²) >= 11 is 0. The second-order valence-electron chi connectivity index (χ2n) is 8.40. The van der Waals surface area contributed by atoms with E-state index >= 15 is 0 Å². The molecule has 0 radical (unpaired) electrons. The van der Waals surface area contributed by atoms with Gasteiger partial charge in [0, 0.05) is 19.6 Å². The second-order valence-corrected chi connectivity index (χ2v) is 8.40. The third-order valence-corrected chi connectivity index (χ3v) is 5.28. The van der Waals surface area contributed by atoms with E-state index in [4.69, 9.17) is 19.9 Å². The van der Waals surface area contributed by atoms with Crippen molar-refractivity contribution in [3.8, 4) is 0 Å². The summed E-state index contributed by atoms with van der Waals surface area (Å²) in [4.78, 5) is 12.2. The van der Waals surface area contributed by atoms with Gasteiger partial charge >= 0.3 is 5.97 Å². The number of carbonyl (C=O) groups excluding carboxylic acids is 1. The number of nitrogens with two attached hydrogens (primary N) is 1. The van der Waals surface area contributed by atoms with Crippen molar-refractivity contribution in [2.45, 2.75) is 123 Å². The molecule has 0 atom stereocenters. The Hall–Kier alpha value is -0.650. The van der Waals surface area contributed by atoms with Gasteiger partial charge in [0.1, 0.15) is 6.10 Å². The summed E-state index contributed by atoms with van der Waals surface area (Å²) in [7, 11) is 0. The first-order chi connectivity index (χ1) is 14.7. The van der Waals surface area contributed by atoms with Crippen molar-refractivity contribution in [3.63, 3.8) is 0 Å². The van der Waals surface area contributed by atoms with Crippen LogP contribution in [0.25, 0.3) is 0 Å². The molecule has 0 aliphatic carbocycles. The van der Waals surface area contributed by atoms with Crippen molar-refractivity contribution in [2.24, 2.45) is 5.73 Å². The molecule has 30 heavy (non-hydrogen) atoms. The van der Waals surface area contributed by atoms with Crippen LogP contribution in [0.4, 0.5) is 0 Å². The molecular formula is C25H51NO4. The number of unbranched alkanes of at least 4 members (excludes halogenated alkanes) is 12. The first-order valence-electron chi connectivity index (χ1n) is 12.8. The molecule has 0 bridgehead atoms. The van der Waals surface area contributed by atoms with Crippen molar-refractivity contribution in [3.05, 3.63) is 0 Å². The lowest BCUT2D eigenvalue weighted by Gasteiger charge is -2.18. The van der Waals surface area contributed by atoms with Gasteiger partial charge in [-0.25, -0.2) is 0 Å². The van der Waals surface area contributed by atoms with E-state index in [-0.39, 0.29) is 12.1 Å². The molecule has 5 heteroatoms. The Balaban J connectivity index is 4.01. The van der Waals surface area contributed by atoms with Gasteiger partial charge in [-0.1, -0.05) is 84.5 Å². The van der Waals surface area contributed by atoms with Crippen LogP contribution in [0, 0.1) is 0 Å². The van der Waals surface area contributed by atoms with Crippen molar-refractivity contribution in [1.29, 1.82) is 0 Å². The second kappa shape index (κ2) is 24.6. The Morgan fingerprint density at radius 2 is 1.13 bits per heavy atom. The van der Waals surface area contributed by atoms with Crippen molar-refractivity contribution >= 4 is 5.97 Å². The standard InChI is InChI=1S/C25H51NO4/c1-3-5-7-12-16-20-28-22-24(23-29-21-17-13-8-6-4-2)30-25(27)18-14-10-9-11-15-19-26/h24H,3-23,26H2,1-2H3. The topological polar surface area (TPSA) is 70.8 Å². The summed E-state index contributed by atoms with van der Waals surface area (Å²) in [5.74, 6) is -0.128. The average molecular weight is 430 g/mol. The SMILES string of the molecule is CCCCCCCOCC(COCCCCCCC)OC(=O)CCCCCCCN. The Morgan fingerprint density at radius 3 is 1.67 bits per heavy atom. The summed E-state index contributed by atoms with van der Waals surface area (Å²) in [5.41, 5.74) is 5.51. The predicted molar refractivity (Wildman–Crippen MR) is 126 cm³/mol. The smallest absolute Gasteiger partial charge is 0.306 e. The summed E-state index contributed by atoms with van der Waals surface area (Å²) in [6.45, 7) is 7.53. The number of hydrogen-bond acceptors (Lipinski definition) is 5. The van der Waals surface area contributed by atoms with Gasteiger partial charge < -0.3 is 19.9 Å². The van der Waals surface area contributed by atoms with Crippen molar-refractivity contribution < 1.29 is 19.0 Å². The molecule has 0 aliphatic rings. The van der Waals surface area contributed by atoms with Crippen molar-refractivity contribution in [1.82, 2.24) is 0 Å². The molecule has 5 nitrogen and oxygen atoms in total. The van der Waals surface area contributed by atoms with Gasteiger partial charge in [-0.2, -0.15) is 0 Å². The van der Waals surface area contributed by atoms with Crippen LogP contribution in [0.2, 0.25) is 0 Å². The monoisotopic (exact) mass is 429 g/mol. The van der Waals surface area contributed by atoms with Crippen LogP contribution in [0.15, 0.2) is 0 Å². The molecular weight excluding hydrogens is 378 g/mol. The largest absolute Gasteiger partial charge is 0.457 e. The molecule has 0 aromatic carbocycles. The lowest BCUT2D eigenvalue weighted by atomic mass is 10.1. The molecule has 0 unspecified atom stereocenters. The van der Waals surface area contributed by atoms with Crippen LogP contribution in [0.1, 0.15) is 117 Å². The average Bonchev–Trinajstić information content (AvgIpc) is 2.74. The van der Waals surface area contributed by atoms with E-state index < -0.39 is 0 Å². The van der Waals surface area contributed by atoms with Crippen LogP contribution < -0.4 is 5.73 Å². The normalized spacial score (nSPS) is 11.3. The van der Waals surface area contributed by atoms with Crippen molar-refractivity contribution in [2.75, 3.05) is 33.0 Å². The highest BCUT2D eigenvalue weighted by molar-refractivity contribution is 5.69. The number of rotatable bonds is 24. The molecule has 2 N–H and O–H groups in total. The molecule has 0 spiro atoms. The van der Waals surface area contributed by atoms with E-state index in [2.05, 4.69) is 13.8 Å². The van der Waals surface area contributed by atoms with Gasteiger partial charge in [0.05, 0.1) is 13.2 Å². The number of ether oxygens (including phenoxy) is 3. The first-order valence-corrected chi connectivity index (χ1v) is 12.8. The van der Waals surface area contributed by atoms with E-state index in [1.165, 1.54) is 51.4 Å². The highest BCUT2D eigenvalue weighted by Crippen LogP contribution is 2.09. The molecule has 0 saturated carbocycles. The summed E-state index contributed by atoms with van der Waals surface area (Å²) in [6.07, 6.45) is 17.6. The highest BCUT2D eigenvalue weighted by Gasteiger charge is 2.15. The zero-order chi connectivity index (χ0) is 22.1. The lowest BCUT2D eigenvalue weighted by molar-refractivity contribution is -0.156. The van der Waals surface area contributed by atoms with E-state index in [0.717, 1.165) is 64.7 Å². The highest BCUT2D eigenvalue weighted by atomic mass is 16.6. The Bertz CT molecular complexity index is 334. The maximum absolute atomic E-state index is 12.2. The van der Waals surface area contributed by atoms with E-state index in [1.807, 2.05) is 0 Å². The fourth-order valence-corrected chi connectivity index (χ4v) is 3.35. The minimum absolute atomic E-state index is 0.128. The van der Waals surface area contributed by atoms with Crippen LogP contribution in [-0.4, -0.2) is 45.0 Å². The molecule has 0 fully saturated rings. The number of esters is 1. The van der Waals surface area contributed by atoms with E-state index in [0.29, 0.717) is 19.6 Å². The molecule has 0 saturated heterocycles. The fraction of sp³-hybridized carbons (Fsp3) is 0.960. The molecule has 0 aromatic heterocycles. The first kappa shape index (κ1) is 29.4. The van der Waals surface area contributed by atoms with Crippen LogP contribution in [0.5, 0.6) is 0 Å². The molecule has 0 amide bonds. The Labute approximate surface area is 186 Å². The summed E-state index contributed by atoms with van der Waals surface area (Å²) < 4.78 is 17.2. The predicted octanol–water partition coefficient (Wildman–Crippen LogP) is 6.17. The fourth-order valence-electron chi connectivity index (χ4n) is 3.35. The number of carbonyl (C=O) groups is 1. The number of hydrogen-bond donors (Lipinski definition) is 1. The third-order valence-electron chi connectivity index (χ3n) is 5.28. The van der Waals surface area contributed by atoms with E-state index in [1.54, 1.807) is 0 Å². The Kier molecular flexibility index (Phi) is 24.1. The van der Waals surface area contributed by atoms with Gasteiger partial charge in [0.2, 0.25) is 0 Å². The minimum Gasteiger partial charge on any atom is -0.457 e. The van der Waals surface area contributed by atoms with Crippen LogP contribution in [-0.2, 0) is 19.0 Å². The van der Waals surface area contributed by atoms with Gasteiger partial charge in [-0.05, 0) is 32.2 Å². The van der Waals surface area contributed by atoms with Gasteiger partial charge in [-0.15, -0.1) is 0 Å². The maximum atomic E-state index is 12.2. The Morgan fingerprint density at radius 1 is 0.667 bits per heavy atom. The maximum Gasteiger partial charge on any atom is 0.306 e. The van der Waals surface area contributed by atoms with Gasteiger partial charge in [0.15, 0.2) is 0 Å². The molecule has 180 valence electrons. The summed E-state index contributed by atoms with van der Waals surface area (Å²) in [5, 5.41) is 0. The summed E-state index contributed by atoms with van der Waals surface area (Å²) in [6, 6.07) is 0. The van der Waals surface area contributed by atoms with Gasteiger partial charge in [-0.3, -0.25) is 4.79 Å². The quantitative estimate of drug-likeness (QED) is 0.147. The zero-order valence-corrected chi connectivity index (χ0v) is 20.1. The third kappa shape index (κ3) is 22.0. The molecule has 0 heterocycles. The molecule has 0 rings (SSSR count). The van der Waals surface area contributed by atoms with Crippen LogP contribution in [0.3, 0.4) is 0 Å².